The molecule has 0 radical (unpaired) electrons. The highest BCUT2D eigenvalue weighted by atomic mass is 16.5. The second-order valence-corrected chi connectivity index (χ2v) is 7.13. The molecule has 0 atom stereocenters. The molecule has 1 saturated heterocycles. The number of methoxy groups -OCH3 is 1. The number of hydrogen-bond donors (Lipinski definition) is 1. The van der Waals surface area contributed by atoms with Crippen LogP contribution in [0.1, 0.15) is 12.0 Å². The fourth-order valence-corrected chi connectivity index (χ4v) is 3.71. The zero-order chi connectivity index (χ0) is 19.1. The molecule has 2 aliphatic heterocycles. The number of para-hydroxylation sites is 1. The van der Waals surface area contributed by atoms with Crippen LogP contribution < -0.4 is 10.2 Å². The molecule has 1 aromatic carbocycles. The summed E-state index contributed by atoms with van der Waals surface area (Å²) in [6, 6.07) is 8.17. The summed E-state index contributed by atoms with van der Waals surface area (Å²) >= 11 is 0. The van der Waals surface area contributed by atoms with Crippen LogP contribution in [0.15, 0.2) is 24.3 Å². The topological polar surface area (TPSA) is 65.1 Å². The number of anilines is 1. The van der Waals surface area contributed by atoms with Gasteiger partial charge in [0.05, 0.1) is 13.2 Å². The summed E-state index contributed by atoms with van der Waals surface area (Å²) in [7, 11) is 1.62. The Bertz CT molecular complexity index is 644. The number of piperazine rings is 1. The first kappa shape index (κ1) is 19.8. The van der Waals surface area contributed by atoms with Gasteiger partial charge in [-0.15, -0.1) is 0 Å². The molecule has 2 heterocycles. The number of carbonyl (C=O) groups is 2. The van der Waals surface area contributed by atoms with Crippen molar-refractivity contribution in [3.8, 4) is 0 Å². The molecule has 0 saturated carbocycles. The molecule has 0 unspecified atom stereocenters. The van der Waals surface area contributed by atoms with Crippen molar-refractivity contribution in [2.24, 2.45) is 0 Å². The first-order chi connectivity index (χ1) is 13.2. The highest BCUT2D eigenvalue weighted by Gasteiger charge is 2.25. The lowest BCUT2D eigenvalue weighted by Gasteiger charge is -2.34. The van der Waals surface area contributed by atoms with Gasteiger partial charge in [0.1, 0.15) is 0 Å². The van der Waals surface area contributed by atoms with E-state index >= 15 is 0 Å². The van der Waals surface area contributed by atoms with E-state index in [2.05, 4.69) is 21.2 Å². The molecular formula is C20H30N4O3. The Balaban J connectivity index is 1.35. The number of fused-ring (bicyclic) bond motifs is 1. The minimum absolute atomic E-state index is 0.0448. The summed E-state index contributed by atoms with van der Waals surface area (Å²) in [4.78, 5) is 30.9. The van der Waals surface area contributed by atoms with Gasteiger partial charge in [-0.05, 0) is 18.1 Å². The SMILES string of the molecule is COCCNC(=O)CN1CCN(CCC(=O)N2CCc3ccccc32)CC1. The van der Waals surface area contributed by atoms with E-state index in [9.17, 15) is 9.59 Å². The van der Waals surface area contributed by atoms with Gasteiger partial charge in [0.25, 0.3) is 0 Å². The summed E-state index contributed by atoms with van der Waals surface area (Å²) in [5.41, 5.74) is 2.34. The summed E-state index contributed by atoms with van der Waals surface area (Å²) in [5, 5.41) is 2.85. The minimum atomic E-state index is 0.0448. The molecule has 1 fully saturated rings. The Morgan fingerprint density at radius 2 is 1.81 bits per heavy atom. The number of amides is 2. The Morgan fingerprint density at radius 1 is 1.07 bits per heavy atom. The maximum atomic E-state index is 12.6. The van der Waals surface area contributed by atoms with Gasteiger partial charge in [0.15, 0.2) is 0 Å². The number of rotatable bonds is 8. The lowest BCUT2D eigenvalue weighted by Crippen LogP contribution is -2.50. The second kappa shape index (κ2) is 9.82. The first-order valence-corrected chi connectivity index (χ1v) is 9.76. The monoisotopic (exact) mass is 374 g/mol. The molecule has 7 heteroatoms. The molecule has 0 aliphatic carbocycles. The first-order valence-electron chi connectivity index (χ1n) is 9.76. The van der Waals surface area contributed by atoms with Crippen LogP contribution >= 0.6 is 0 Å². The van der Waals surface area contributed by atoms with Gasteiger partial charge < -0.3 is 19.9 Å². The summed E-state index contributed by atoms with van der Waals surface area (Å²) in [5.74, 6) is 0.253. The molecule has 148 valence electrons. The maximum Gasteiger partial charge on any atom is 0.234 e. The second-order valence-electron chi connectivity index (χ2n) is 7.13. The van der Waals surface area contributed by atoms with Crippen molar-refractivity contribution in [3.05, 3.63) is 29.8 Å². The molecule has 3 rings (SSSR count). The normalized spacial score (nSPS) is 17.7. The van der Waals surface area contributed by atoms with Crippen LogP contribution in [0.5, 0.6) is 0 Å². The lowest BCUT2D eigenvalue weighted by molar-refractivity contribution is -0.122. The third-order valence-corrected chi connectivity index (χ3v) is 5.29. The van der Waals surface area contributed by atoms with Crippen LogP contribution in [0.4, 0.5) is 5.69 Å². The van der Waals surface area contributed by atoms with Crippen molar-refractivity contribution in [1.82, 2.24) is 15.1 Å². The number of nitrogens with one attached hydrogen (secondary N) is 1. The largest absolute Gasteiger partial charge is 0.383 e. The van der Waals surface area contributed by atoms with Gasteiger partial charge in [0.2, 0.25) is 11.8 Å². The predicted molar refractivity (Wildman–Crippen MR) is 105 cm³/mol. The number of nitrogens with zero attached hydrogens (tertiary/aromatic N) is 3. The predicted octanol–water partition coefficient (Wildman–Crippen LogP) is 0.346. The van der Waals surface area contributed by atoms with E-state index in [4.69, 9.17) is 4.74 Å². The van der Waals surface area contributed by atoms with Gasteiger partial charge in [0, 0.05) is 65.0 Å². The minimum Gasteiger partial charge on any atom is -0.383 e. The summed E-state index contributed by atoms with van der Waals surface area (Å²) in [6.45, 7) is 6.62. The van der Waals surface area contributed by atoms with Crippen LogP contribution in [-0.2, 0) is 20.7 Å². The van der Waals surface area contributed by atoms with Crippen LogP contribution in [0.3, 0.4) is 0 Å². The van der Waals surface area contributed by atoms with E-state index in [0.29, 0.717) is 26.1 Å². The van der Waals surface area contributed by atoms with Crippen LogP contribution in [0.25, 0.3) is 0 Å². The van der Waals surface area contributed by atoms with Gasteiger partial charge >= 0.3 is 0 Å². The van der Waals surface area contributed by atoms with Crippen molar-refractivity contribution in [3.63, 3.8) is 0 Å². The molecule has 1 N–H and O–H groups in total. The van der Waals surface area contributed by atoms with Crippen molar-refractivity contribution < 1.29 is 14.3 Å². The number of hydrogen-bond acceptors (Lipinski definition) is 5. The van der Waals surface area contributed by atoms with E-state index in [1.165, 1.54) is 5.56 Å². The van der Waals surface area contributed by atoms with Crippen molar-refractivity contribution in [2.45, 2.75) is 12.8 Å². The molecule has 7 nitrogen and oxygen atoms in total. The fraction of sp³-hybridized carbons (Fsp3) is 0.600. The molecule has 2 amide bonds. The molecule has 1 aromatic rings. The molecule has 0 bridgehead atoms. The Morgan fingerprint density at radius 3 is 2.59 bits per heavy atom. The third kappa shape index (κ3) is 5.51. The van der Waals surface area contributed by atoms with Crippen LogP contribution in [0, 0.1) is 0 Å². The zero-order valence-electron chi connectivity index (χ0n) is 16.2. The van der Waals surface area contributed by atoms with Gasteiger partial charge in [-0.2, -0.15) is 0 Å². The Kier molecular flexibility index (Phi) is 7.20. The molecule has 2 aliphatic rings. The molecule has 0 aromatic heterocycles. The van der Waals surface area contributed by atoms with E-state index in [0.717, 1.165) is 51.4 Å². The number of carbonyl (C=O) groups excluding carboxylic acids is 2. The van der Waals surface area contributed by atoms with Crippen molar-refractivity contribution in [1.29, 1.82) is 0 Å². The average Bonchev–Trinajstić information content (AvgIpc) is 3.12. The van der Waals surface area contributed by atoms with Crippen LogP contribution in [0.2, 0.25) is 0 Å². The molecular weight excluding hydrogens is 344 g/mol. The van der Waals surface area contributed by atoms with E-state index in [-0.39, 0.29) is 11.8 Å². The van der Waals surface area contributed by atoms with Gasteiger partial charge in [-0.1, -0.05) is 18.2 Å². The average molecular weight is 374 g/mol. The third-order valence-electron chi connectivity index (χ3n) is 5.29. The standard InChI is InChI=1S/C20H30N4O3/c1-27-15-8-21-19(25)16-23-13-11-22(12-14-23)9-7-20(26)24-10-6-17-4-2-3-5-18(17)24/h2-5H,6-16H2,1H3,(H,21,25). The maximum absolute atomic E-state index is 12.6. The Hall–Kier alpha value is -1.96. The highest BCUT2D eigenvalue weighted by Crippen LogP contribution is 2.27. The quantitative estimate of drug-likeness (QED) is 0.665. The number of ether oxygens (including phenoxy) is 1. The van der Waals surface area contributed by atoms with E-state index < -0.39 is 0 Å². The summed E-state index contributed by atoms with van der Waals surface area (Å²) < 4.78 is 4.93. The summed E-state index contributed by atoms with van der Waals surface area (Å²) in [6.07, 6.45) is 1.50. The highest BCUT2D eigenvalue weighted by molar-refractivity contribution is 5.95. The lowest BCUT2D eigenvalue weighted by atomic mass is 10.2. The van der Waals surface area contributed by atoms with Crippen LogP contribution in [-0.4, -0.2) is 87.7 Å². The van der Waals surface area contributed by atoms with E-state index in [1.807, 2.05) is 23.1 Å². The molecule has 27 heavy (non-hydrogen) atoms. The zero-order valence-corrected chi connectivity index (χ0v) is 16.2. The van der Waals surface area contributed by atoms with E-state index in [1.54, 1.807) is 7.11 Å². The molecule has 0 spiro atoms. The van der Waals surface area contributed by atoms with Crippen molar-refractivity contribution in [2.75, 3.05) is 71.0 Å². The fourth-order valence-electron chi connectivity index (χ4n) is 3.71. The smallest absolute Gasteiger partial charge is 0.234 e. The van der Waals surface area contributed by atoms with Gasteiger partial charge in [-0.3, -0.25) is 14.5 Å². The van der Waals surface area contributed by atoms with Crippen molar-refractivity contribution >= 4 is 17.5 Å². The van der Waals surface area contributed by atoms with Gasteiger partial charge in [-0.25, -0.2) is 0 Å². The Labute approximate surface area is 161 Å². The number of benzene rings is 1.